The van der Waals surface area contributed by atoms with Crippen molar-refractivity contribution >= 4 is 14.0 Å². The second-order valence-electron chi connectivity index (χ2n) is 2.24. The van der Waals surface area contributed by atoms with Gasteiger partial charge < -0.3 is 15.0 Å². The van der Waals surface area contributed by atoms with Gasteiger partial charge in [-0.05, 0) is 0 Å². The van der Waals surface area contributed by atoms with Crippen LogP contribution in [0.3, 0.4) is 0 Å². The number of hydrogen-bond donors (Lipinski definition) is 2. The van der Waals surface area contributed by atoms with Gasteiger partial charge in [-0.15, -0.1) is 0 Å². The van der Waals surface area contributed by atoms with Crippen LogP contribution in [0.2, 0.25) is 0 Å². The van der Waals surface area contributed by atoms with Crippen LogP contribution < -0.4 is 0 Å². The average molecular weight is 127 g/mol. The summed E-state index contributed by atoms with van der Waals surface area (Å²) in [5, 5.41) is 17.2. The molecule has 0 atom stereocenters. The van der Waals surface area contributed by atoms with Gasteiger partial charge >= 0.3 is 5.97 Å². The van der Waals surface area contributed by atoms with Crippen molar-refractivity contribution in [3.8, 4) is 0 Å². The van der Waals surface area contributed by atoms with E-state index < -0.39 is 11.6 Å². The third kappa shape index (κ3) is 0.929. The van der Waals surface area contributed by atoms with E-state index in [9.17, 15) is 4.79 Å². The molecular weight excluding hydrogens is 121 g/mol. The minimum Gasteiger partial charge on any atom is -0.479 e. The number of rotatable bonds is 1. The van der Waals surface area contributed by atoms with Crippen LogP contribution in [0.25, 0.3) is 0 Å². The van der Waals surface area contributed by atoms with Crippen LogP contribution in [-0.4, -0.2) is 47.7 Å². The number of aliphatic hydroxyl groups is 1. The fraction of sp³-hybridized carbons (Fsp3) is 0.750. The van der Waals surface area contributed by atoms with E-state index in [1.54, 1.807) is 0 Å². The van der Waals surface area contributed by atoms with E-state index in [4.69, 9.17) is 18.2 Å². The van der Waals surface area contributed by atoms with Gasteiger partial charge in [-0.2, -0.15) is 0 Å². The monoisotopic (exact) mass is 127 g/mol. The van der Waals surface area contributed by atoms with Gasteiger partial charge in [-0.1, -0.05) is 0 Å². The van der Waals surface area contributed by atoms with Crippen LogP contribution >= 0.6 is 0 Å². The number of hydrogen-bond acceptors (Lipinski definition) is 3. The highest BCUT2D eigenvalue weighted by Gasteiger charge is 2.45. The molecule has 1 aliphatic heterocycles. The molecular formula is C4H6BNO3. The molecule has 1 saturated heterocycles. The summed E-state index contributed by atoms with van der Waals surface area (Å²) in [6.07, 6.45) is 0. The van der Waals surface area contributed by atoms with Crippen molar-refractivity contribution < 1.29 is 15.0 Å². The zero-order chi connectivity index (χ0) is 7.07. The Balaban J connectivity index is 2.50. The summed E-state index contributed by atoms with van der Waals surface area (Å²) >= 11 is 0. The number of nitrogens with zero attached hydrogens (tertiary/aromatic N) is 1. The van der Waals surface area contributed by atoms with Crippen molar-refractivity contribution in [3.63, 3.8) is 0 Å². The quantitative estimate of drug-likeness (QED) is 0.408. The summed E-state index contributed by atoms with van der Waals surface area (Å²) in [5.74, 6) is -1.20. The summed E-state index contributed by atoms with van der Waals surface area (Å²) in [4.78, 5) is 11.4. The maximum absolute atomic E-state index is 10.1. The van der Waals surface area contributed by atoms with Crippen LogP contribution in [0.1, 0.15) is 0 Å². The first-order valence-electron chi connectivity index (χ1n) is 2.50. The summed E-state index contributed by atoms with van der Waals surface area (Å²) < 4.78 is 0. The van der Waals surface area contributed by atoms with E-state index in [-0.39, 0.29) is 13.1 Å². The minimum atomic E-state index is -1.59. The third-order valence-electron chi connectivity index (χ3n) is 1.33. The predicted molar refractivity (Wildman–Crippen MR) is 29.9 cm³/mol. The van der Waals surface area contributed by atoms with Crippen molar-refractivity contribution in [2.75, 3.05) is 13.1 Å². The zero-order valence-electron chi connectivity index (χ0n) is 4.74. The number of carbonyl (C=O) groups is 1. The van der Waals surface area contributed by atoms with E-state index in [1.165, 1.54) is 4.81 Å². The van der Waals surface area contributed by atoms with E-state index >= 15 is 0 Å². The molecule has 9 heavy (non-hydrogen) atoms. The van der Waals surface area contributed by atoms with E-state index in [0.717, 1.165) is 0 Å². The Kier molecular flexibility index (Phi) is 1.25. The van der Waals surface area contributed by atoms with Gasteiger partial charge in [0.25, 0.3) is 0 Å². The Morgan fingerprint density at radius 1 is 1.67 bits per heavy atom. The first-order chi connectivity index (χ1) is 4.04. The lowest BCUT2D eigenvalue weighted by Crippen LogP contribution is -2.65. The topological polar surface area (TPSA) is 60.8 Å². The number of carboxylic acids is 1. The van der Waals surface area contributed by atoms with Crippen molar-refractivity contribution in [2.45, 2.75) is 5.60 Å². The maximum Gasteiger partial charge on any atom is 0.338 e. The first kappa shape index (κ1) is 6.57. The van der Waals surface area contributed by atoms with Crippen LogP contribution in [0.4, 0.5) is 0 Å². The molecule has 0 amide bonds. The molecule has 0 aliphatic carbocycles. The lowest BCUT2D eigenvalue weighted by atomic mass is 9.91. The van der Waals surface area contributed by atoms with Gasteiger partial charge in [-0.25, -0.2) is 4.79 Å². The van der Waals surface area contributed by atoms with E-state index in [1.807, 2.05) is 0 Å². The number of carboxylic acid groups (broad SMARTS) is 1. The molecule has 0 aromatic heterocycles. The third-order valence-corrected chi connectivity index (χ3v) is 1.33. The highest BCUT2D eigenvalue weighted by Crippen LogP contribution is 2.17. The van der Waals surface area contributed by atoms with Crippen LogP contribution in [-0.2, 0) is 4.79 Å². The summed E-state index contributed by atoms with van der Waals surface area (Å²) in [6, 6.07) is 0. The molecule has 4 nitrogen and oxygen atoms in total. The molecule has 1 fully saturated rings. The lowest BCUT2D eigenvalue weighted by molar-refractivity contribution is -0.170. The summed E-state index contributed by atoms with van der Waals surface area (Å²) in [5.41, 5.74) is -1.59. The van der Waals surface area contributed by atoms with Gasteiger partial charge in [0.2, 0.25) is 0 Å². The number of aliphatic carboxylic acids is 1. The normalized spacial score (nSPS) is 25.0. The Bertz CT molecular complexity index is 143. The zero-order valence-corrected chi connectivity index (χ0v) is 4.74. The fourth-order valence-electron chi connectivity index (χ4n) is 0.761. The Hall–Kier alpha value is -0.545. The minimum absolute atomic E-state index is 0.0162. The number of β-amino-alcohol motifs (C(OH)–C–C–N with tert-alkyl or cyclic N) is 1. The Morgan fingerprint density at radius 2 is 2.11 bits per heavy atom. The van der Waals surface area contributed by atoms with Gasteiger partial charge in [0.05, 0.1) is 0 Å². The fourth-order valence-corrected chi connectivity index (χ4v) is 0.761. The molecule has 0 aromatic rings. The van der Waals surface area contributed by atoms with Gasteiger partial charge in [0, 0.05) is 13.1 Å². The molecule has 5 heteroatoms. The van der Waals surface area contributed by atoms with Crippen LogP contribution in [0.5, 0.6) is 0 Å². The van der Waals surface area contributed by atoms with Crippen molar-refractivity contribution in [3.05, 3.63) is 0 Å². The van der Waals surface area contributed by atoms with E-state index in [2.05, 4.69) is 0 Å². The molecule has 0 saturated carbocycles. The Labute approximate surface area is 53.5 Å². The predicted octanol–water partition coefficient (Wildman–Crippen LogP) is -1.80. The van der Waals surface area contributed by atoms with Gasteiger partial charge in [0.15, 0.2) is 13.6 Å². The molecule has 0 unspecified atom stereocenters. The molecule has 0 bridgehead atoms. The molecule has 1 heterocycles. The first-order valence-corrected chi connectivity index (χ1v) is 2.50. The molecule has 1 aliphatic rings. The smallest absolute Gasteiger partial charge is 0.338 e. The largest absolute Gasteiger partial charge is 0.479 e. The van der Waals surface area contributed by atoms with Crippen LogP contribution in [0, 0.1) is 0 Å². The molecule has 48 valence electrons. The van der Waals surface area contributed by atoms with Crippen LogP contribution in [0.15, 0.2) is 0 Å². The SMILES string of the molecule is [B]N1CC(O)(C(=O)O)C1. The lowest BCUT2D eigenvalue weighted by Gasteiger charge is -2.41. The summed E-state index contributed by atoms with van der Waals surface area (Å²) in [6.45, 7) is 0.0324. The standard InChI is InChI=1S/C4H6BNO3/c5-6-1-4(9,2-6)3(7)8/h9H,1-2H2,(H,7,8). The molecule has 2 radical (unpaired) electrons. The van der Waals surface area contributed by atoms with Crippen molar-refractivity contribution in [1.29, 1.82) is 0 Å². The second kappa shape index (κ2) is 1.72. The highest BCUT2D eigenvalue weighted by atomic mass is 16.4. The second-order valence-corrected chi connectivity index (χ2v) is 2.24. The van der Waals surface area contributed by atoms with Crippen molar-refractivity contribution in [2.24, 2.45) is 0 Å². The molecule has 1 rings (SSSR count). The van der Waals surface area contributed by atoms with Gasteiger partial charge in [0.1, 0.15) is 0 Å². The maximum atomic E-state index is 10.1. The average Bonchev–Trinajstić information content (AvgIpc) is 1.62. The highest BCUT2D eigenvalue weighted by molar-refractivity contribution is 6.06. The Morgan fingerprint density at radius 3 is 2.22 bits per heavy atom. The molecule has 0 spiro atoms. The van der Waals surface area contributed by atoms with Gasteiger partial charge in [-0.3, -0.25) is 0 Å². The molecule has 2 N–H and O–H groups in total. The van der Waals surface area contributed by atoms with E-state index in [0.29, 0.717) is 0 Å². The van der Waals surface area contributed by atoms with Crippen molar-refractivity contribution in [1.82, 2.24) is 4.81 Å². The molecule has 0 aromatic carbocycles. The summed E-state index contributed by atoms with van der Waals surface area (Å²) in [7, 11) is 5.10.